The van der Waals surface area contributed by atoms with Gasteiger partial charge in [0, 0.05) is 5.56 Å². The van der Waals surface area contributed by atoms with Gasteiger partial charge in [0.1, 0.15) is 13.2 Å². The average molecular weight is 243 g/mol. The Morgan fingerprint density at radius 3 is 2.59 bits per heavy atom. The number of nitrogens with zero attached hydrogens (tertiary/aromatic N) is 1. The van der Waals surface area contributed by atoms with E-state index in [1.165, 1.54) is 6.07 Å². The van der Waals surface area contributed by atoms with Crippen LogP contribution in [0.3, 0.4) is 0 Å². The van der Waals surface area contributed by atoms with Crippen LogP contribution in [0.15, 0.2) is 12.1 Å². The van der Waals surface area contributed by atoms with E-state index in [9.17, 15) is 13.2 Å². The highest BCUT2D eigenvalue weighted by atomic mass is 19.4. The SMILES string of the molecule is N#CCc1c(C(F)(F)F)ccc2c1OCCO2. The van der Waals surface area contributed by atoms with Gasteiger partial charge in [0.2, 0.25) is 0 Å². The van der Waals surface area contributed by atoms with Crippen LogP contribution in [-0.4, -0.2) is 13.2 Å². The first-order chi connectivity index (χ1) is 8.04. The van der Waals surface area contributed by atoms with E-state index >= 15 is 0 Å². The number of hydrogen-bond acceptors (Lipinski definition) is 3. The Bertz CT molecular complexity index is 477. The molecule has 0 unspecified atom stereocenters. The highest BCUT2D eigenvalue weighted by molar-refractivity contribution is 5.53. The number of ether oxygens (including phenoxy) is 2. The first kappa shape index (κ1) is 11.6. The molecule has 0 N–H and O–H groups in total. The molecule has 0 saturated heterocycles. The van der Waals surface area contributed by atoms with E-state index in [2.05, 4.69) is 0 Å². The molecule has 0 amide bonds. The summed E-state index contributed by atoms with van der Waals surface area (Å²) in [4.78, 5) is 0. The lowest BCUT2D eigenvalue weighted by atomic mass is 10.0. The molecule has 2 rings (SSSR count). The van der Waals surface area contributed by atoms with Crippen LogP contribution in [0.5, 0.6) is 11.5 Å². The lowest BCUT2D eigenvalue weighted by molar-refractivity contribution is -0.138. The molecule has 1 heterocycles. The van der Waals surface area contributed by atoms with Crippen molar-refractivity contribution in [2.75, 3.05) is 13.2 Å². The van der Waals surface area contributed by atoms with Gasteiger partial charge in [-0.3, -0.25) is 0 Å². The Labute approximate surface area is 95.4 Å². The molecule has 1 aromatic rings. The minimum absolute atomic E-state index is 0.0348. The molecule has 0 aliphatic carbocycles. The van der Waals surface area contributed by atoms with Gasteiger partial charge in [-0.25, -0.2) is 0 Å². The standard InChI is InChI=1S/C11H8F3NO2/c12-11(13,14)8-1-2-9-10(7(8)3-4-15)17-6-5-16-9/h1-2H,3,5-6H2. The van der Waals surface area contributed by atoms with Gasteiger partial charge in [-0.05, 0) is 12.1 Å². The third-order valence-electron chi connectivity index (χ3n) is 2.37. The third kappa shape index (κ3) is 2.13. The van der Waals surface area contributed by atoms with Crippen molar-refractivity contribution in [3.05, 3.63) is 23.3 Å². The molecule has 6 heteroatoms. The Morgan fingerprint density at radius 2 is 1.94 bits per heavy atom. The van der Waals surface area contributed by atoms with Crippen LogP contribution in [0.1, 0.15) is 11.1 Å². The fraction of sp³-hybridized carbons (Fsp3) is 0.364. The summed E-state index contributed by atoms with van der Waals surface area (Å²) in [6.45, 7) is 0.483. The van der Waals surface area contributed by atoms with Gasteiger partial charge in [-0.15, -0.1) is 0 Å². The molecule has 0 saturated carbocycles. The molecule has 1 aliphatic rings. The first-order valence-corrected chi connectivity index (χ1v) is 4.89. The Kier molecular flexibility index (Phi) is 2.84. The lowest BCUT2D eigenvalue weighted by Gasteiger charge is -2.22. The molecule has 0 bridgehead atoms. The molecule has 0 atom stereocenters. The summed E-state index contributed by atoms with van der Waals surface area (Å²) in [7, 11) is 0. The van der Waals surface area contributed by atoms with Crippen molar-refractivity contribution in [3.63, 3.8) is 0 Å². The van der Waals surface area contributed by atoms with Crippen molar-refractivity contribution in [1.82, 2.24) is 0 Å². The van der Waals surface area contributed by atoms with Crippen LogP contribution in [-0.2, 0) is 12.6 Å². The molecule has 90 valence electrons. The molecule has 3 nitrogen and oxygen atoms in total. The molecule has 1 aromatic carbocycles. The fourth-order valence-corrected chi connectivity index (χ4v) is 1.69. The molecule has 0 aromatic heterocycles. The number of fused-ring (bicyclic) bond motifs is 1. The molecule has 17 heavy (non-hydrogen) atoms. The van der Waals surface area contributed by atoms with Crippen molar-refractivity contribution in [2.45, 2.75) is 12.6 Å². The average Bonchev–Trinajstić information content (AvgIpc) is 2.28. The highest BCUT2D eigenvalue weighted by Gasteiger charge is 2.36. The quantitative estimate of drug-likeness (QED) is 0.761. The summed E-state index contributed by atoms with van der Waals surface area (Å²) < 4.78 is 48.6. The third-order valence-corrected chi connectivity index (χ3v) is 2.37. The number of nitriles is 1. The largest absolute Gasteiger partial charge is 0.486 e. The monoisotopic (exact) mass is 243 g/mol. The van der Waals surface area contributed by atoms with E-state index in [0.29, 0.717) is 6.61 Å². The predicted molar refractivity (Wildman–Crippen MR) is 51.8 cm³/mol. The van der Waals surface area contributed by atoms with Crippen molar-refractivity contribution >= 4 is 0 Å². The van der Waals surface area contributed by atoms with E-state index in [0.717, 1.165) is 6.07 Å². The highest BCUT2D eigenvalue weighted by Crippen LogP contribution is 2.42. The number of hydrogen-bond donors (Lipinski definition) is 0. The predicted octanol–water partition coefficient (Wildman–Crippen LogP) is 2.54. The van der Waals surface area contributed by atoms with E-state index in [4.69, 9.17) is 14.7 Å². The maximum Gasteiger partial charge on any atom is 0.416 e. The maximum atomic E-state index is 12.7. The Morgan fingerprint density at radius 1 is 1.24 bits per heavy atom. The van der Waals surface area contributed by atoms with Crippen LogP contribution >= 0.6 is 0 Å². The second-order valence-electron chi connectivity index (χ2n) is 3.45. The molecule has 0 radical (unpaired) electrons. The Hall–Kier alpha value is -1.90. The van der Waals surface area contributed by atoms with Crippen molar-refractivity contribution in [3.8, 4) is 17.6 Å². The van der Waals surface area contributed by atoms with Crippen LogP contribution in [0.25, 0.3) is 0 Å². The summed E-state index contributed by atoms with van der Waals surface area (Å²) in [6.07, 6.45) is -4.86. The van der Waals surface area contributed by atoms with Crippen LogP contribution in [0.4, 0.5) is 13.2 Å². The van der Waals surface area contributed by atoms with Crippen LogP contribution in [0.2, 0.25) is 0 Å². The zero-order valence-corrected chi connectivity index (χ0v) is 8.67. The number of benzene rings is 1. The van der Waals surface area contributed by atoms with Crippen molar-refractivity contribution in [2.24, 2.45) is 0 Å². The maximum absolute atomic E-state index is 12.7. The molecule has 0 fully saturated rings. The minimum atomic E-state index is -4.50. The van der Waals surface area contributed by atoms with E-state index in [-0.39, 0.29) is 30.1 Å². The molecular weight excluding hydrogens is 235 g/mol. The van der Waals surface area contributed by atoms with E-state index in [1.807, 2.05) is 0 Å². The van der Waals surface area contributed by atoms with Crippen molar-refractivity contribution in [1.29, 1.82) is 5.26 Å². The Balaban J connectivity index is 2.58. The normalized spacial score (nSPS) is 14.2. The second-order valence-corrected chi connectivity index (χ2v) is 3.45. The van der Waals surface area contributed by atoms with E-state index in [1.54, 1.807) is 6.07 Å². The van der Waals surface area contributed by atoms with Crippen LogP contribution in [0, 0.1) is 11.3 Å². The lowest BCUT2D eigenvalue weighted by Crippen LogP contribution is -2.19. The number of rotatable bonds is 1. The van der Waals surface area contributed by atoms with Gasteiger partial charge in [0.15, 0.2) is 11.5 Å². The van der Waals surface area contributed by atoms with Gasteiger partial charge in [0.25, 0.3) is 0 Å². The van der Waals surface area contributed by atoms with Gasteiger partial charge in [-0.1, -0.05) is 0 Å². The topological polar surface area (TPSA) is 42.2 Å². The smallest absolute Gasteiger partial charge is 0.416 e. The zero-order valence-electron chi connectivity index (χ0n) is 8.67. The summed E-state index contributed by atoms with van der Waals surface area (Å²) in [5.41, 5.74) is -1.000. The number of alkyl halides is 3. The van der Waals surface area contributed by atoms with Gasteiger partial charge < -0.3 is 9.47 Å². The first-order valence-electron chi connectivity index (χ1n) is 4.89. The molecule has 1 aliphatic heterocycles. The minimum Gasteiger partial charge on any atom is -0.486 e. The zero-order chi connectivity index (χ0) is 12.5. The molecular formula is C11H8F3NO2. The van der Waals surface area contributed by atoms with Gasteiger partial charge in [-0.2, -0.15) is 18.4 Å². The second kappa shape index (κ2) is 4.17. The molecule has 0 spiro atoms. The van der Waals surface area contributed by atoms with Gasteiger partial charge in [0.05, 0.1) is 18.1 Å². The summed E-state index contributed by atoms with van der Waals surface area (Å²) in [5, 5.41) is 8.60. The summed E-state index contributed by atoms with van der Waals surface area (Å²) >= 11 is 0. The fourth-order valence-electron chi connectivity index (χ4n) is 1.69. The van der Waals surface area contributed by atoms with Crippen LogP contribution < -0.4 is 9.47 Å². The number of halogens is 3. The summed E-state index contributed by atoms with van der Waals surface area (Å²) in [6, 6.07) is 3.85. The van der Waals surface area contributed by atoms with E-state index < -0.39 is 11.7 Å². The van der Waals surface area contributed by atoms with Crippen molar-refractivity contribution < 1.29 is 22.6 Å². The summed E-state index contributed by atoms with van der Waals surface area (Å²) in [5.74, 6) is 0.294. The van der Waals surface area contributed by atoms with Gasteiger partial charge >= 0.3 is 6.18 Å².